The van der Waals surface area contributed by atoms with E-state index in [1.54, 1.807) is 19.0 Å². The standard InChI is InChI=1S/C20H26N2O2/c1-4-19(20(23)22(2)3)21-14-16-10-12-18(13-11-16)24-15-17-8-6-5-7-9-17/h5-13,19,21H,4,14-15H2,1-3H3. The molecule has 0 aliphatic carbocycles. The highest BCUT2D eigenvalue weighted by Gasteiger charge is 2.17. The average Bonchev–Trinajstić information content (AvgIpc) is 2.62. The third-order valence-corrected chi connectivity index (χ3v) is 3.87. The molecule has 0 saturated heterocycles. The van der Waals surface area contributed by atoms with Crippen LogP contribution in [-0.4, -0.2) is 30.9 Å². The maximum Gasteiger partial charge on any atom is 0.239 e. The molecule has 128 valence electrons. The summed E-state index contributed by atoms with van der Waals surface area (Å²) in [5, 5.41) is 3.31. The number of nitrogens with one attached hydrogen (secondary N) is 1. The molecule has 4 nitrogen and oxygen atoms in total. The van der Waals surface area contributed by atoms with Crippen LogP contribution < -0.4 is 10.1 Å². The van der Waals surface area contributed by atoms with Gasteiger partial charge in [-0.05, 0) is 29.7 Å². The average molecular weight is 326 g/mol. The number of hydrogen-bond donors (Lipinski definition) is 1. The van der Waals surface area contributed by atoms with Gasteiger partial charge >= 0.3 is 0 Å². The third-order valence-electron chi connectivity index (χ3n) is 3.87. The lowest BCUT2D eigenvalue weighted by molar-refractivity contribution is -0.131. The minimum Gasteiger partial charge on any atom is -0.489 e. The van der Waals surface area contributed by atoms with Crippen molar-refractivity contribution in [3.05, 3.63) is 65.7 Å². The second-order valence-corrected chi connectivity index (χ2v) is 5.99. The maximum absolute atomic E-state index is 12.0. The summed E-state index contributed by atoms with van der Waals surface area (Å²) in [6.07, 6.45) is 0.773. The minimum absolute atomic E-state index is 0.111. The van der Waals surface area contributed by atoms with Crippen LogP contribution in [0.15, 0.2) is 54.6 Å². The molecule has 0 saturated carbocycles. The van der Waals surface area contributed by atoms with E-state index < -0.39 is 0 Å². The van der Waals surface area contributed by atoms with Crippen LogP contribution in [0.2, 0.25) is 0 Å². The van der Waals surface area contributed by atoms with Crippen LogP contribution in [0.3, 0.4) is 0 Å². The van der Waals surface area contributed by atoms with Crippen LogP contribution in [-0.2, 0) is 17.9 Å². The van der Waals surface area contributed by atoms with Gasteiger partial charge < -0.3 is 15.0 Å². The van der Waals surface area contributed by atoms with E-state index in [1.807, 2.05) is 61.5 Å². The van der Waals surface area contributed by atoms with Crippen LogP contribution in [0.4, 0.5) is 0 Å². The van der Waals surface area contributed by atoms with Crippen molar-refractivity contribution < 1.29 is 9.53 Å². The summed E-state index contributed by atoms with van der Waals surface area (Å²) in [4.78, 5) is 13.6. The zero-order chi connectivity index (χ0) is 17.4. The molecule has 1 atom stereocenters. The van der Waals surface area contributed by atoms with Crippen LogP contribution in [0, 0.1) is 0 Å². The van der Waals surface area contributed by atoms with Gasteiger partial charge in [0.2, 0.25) is 5.91 Å². The second-order valence-electron chi connectivity index (χ2n) is 5.99. The lowest BCUT2D eigenvalue weighted by atomic mass is 10.1. The van der Waals surface area contributed by atoms with E-state index in [-0.39, 0.29) is 11.9 Å². The summed E-state index contributed by atoms with van der Waals surface area (Å²) < 4.78 is 5.78. The number of rotatable bonds is 8. The van der Waals surface area contributed by atoms with Gasteiger partial charge in [-0.1, -0.05) is 49.4 Å². The largest absolute Gasteiger partial charge is 0.489 e. The Morgan fingerprint density at radius 3 is 2.29 bits per heavy atom. The van der Waals surface area contributed by atoms with Gasteiger partial charge in [0.1, 0.15) is 12.4 Å². The first kappa shape index (κ1) is 18.0. The van der Waals surface area contributed by atoms with Gasteiger partial charge in [-0.25, -0.2) is 0 Å². The van der Waals surface area contributed by atoms with E-state index in [1.165, 1.54) is 0 Å². The number of benzene rings is 2. The Balaban J connectivity index is 1.84. The molecule has 1 unspecified atom stereocenters. The van der Waals surface area contributed by atoms with E-state index >= 15 is 0 Å². The molecule has 0 spiro atoms. The number of hydrogen-bond acceptors (Lipinski definition) is 3. The van der Waals surface area contributed by atoms with Crippen LogP contribution >= 0.6 is 0 Å². The van der Waals surface area contributed by atoms with Crippen molar-refractivity contribution in [2.45, 2.75) is 32.5 Å². The number of ether oxygens (including phenoxy) is 1. The number of carbonyl (C=O) groups excluding carboxylic acids is 1. The fourth-order valence-corrected chi connectivity index (χ4v) is 2.40. The monoisotopic (exact) mass is 326 g/mol. The molecule has 0 radical (unpaired) electrons. The quantitative estimate of drug-likeness (QED) is 0.810. The first-order chi connectivity index (χ1) is 11.6. The SMILES string of the molecule is CCC(NCc1ccc(OCc2ccccc2)cc1)C(=O)N(C)C. The van der Waals surface area contributed by atoms with Gasteiger partial charge in [0.25, 0.3) is 0 Å². The van der Waals surface area contributed by atoms with Crippen molar-refractivity contribution in [2.75, 3.05) is 14.1 Å². The van der Waals surface area contributed by atoms with Crippen molar-refractivity contribution >= 4 is 5.91 Å². The Bertz CT molecular complexity index is 624. The highest BCUT2D eigenvalue weighted by molar-refractivity contribution is 5.81. The summed E-state index contributed by atoms with van der Waals surface area (Å²) in [6, 6.07) is 17.9. The summed E-state index contributed by atoms with van der Waals surface area (Å²) in [7, 11) is 3.57. The Kier molecular flexibility index (Phi) is 6.82. The fraction of sp³-hybridized carbons (Fsp3) is 0.350. The van der Waals surface area contributed by atoms with Gasteiger partial charge in [0, 0.05) is 20.6 Å². The van der Waals surface area contributed by atoms with Gasteiger partial charge in [-0.15, -0.1) is 0 Å². The van der Waals surface area contributed by atoms with Crippen molar-refractivity contribution in [3.8, 4) is 5.75 Å². The number of carbonyl (C=O) groups is 1. The predicted molar refractivity (Wildman–Crippen MR) is 96.8 cm³/mol. The minimum atomic E-state index is -0.144. The molecular weight excluding hydrogens is 300 g/mol. The number of amides is 1. The van der Waals surface area contributed by atoms with E-state index in [2.05, 4.69) is 5.32 Å². The topological polar surface area (TPSA) is 41.6 Å². The van der Waals surface area contributed by atoms with Gasteiger partial charge in [-0.3, -0.25) is 4.79 Å². The highest BCUT2D eigenvalue weighted by atomic mass is 16.5. The van der Waals surface area contributed by atoms with Gasteiger partial charge in [0.15, 0.2) is 0 Å². The molecule has 4 heteroatoms. The zero-order valence-electron chi connectivity index (χ0n) is 14.7. The first-order valence-electron chi connectivity index (χ1n) is 8.30. The first-order valence-corrected chi connectivity index (χ1v) is 8.30. The molecule has 2 rings (SSSR count). The molecule has 2 aromatic carbocycles. The number of nitrogens with zero attached hydrogens (tertiary/aromatic N) is 1. The molecule has 0 bridgehead atoms. The van der Waals surface area contributed by atoms with E-state index in [0.29, 0.717) is 13.2 Å². The van der Waals surface area contributed by atoms with Crippen LogP contribution in [0.25, 0.3) is 0 Å². The summed E-state index contributed by atoms with van der Waals surface area (Å²) >= 11 is 0. The zero-order valence-corrected chi connectivity index (χ0v) is 14.7. The molecule has 24 heavy (non-hydrogen) atoms. The Morgan fingerprint density at radius 1 is 1.04 bits per heavy atom. The molecule has 2 aromatic rings. The van der Waals surface area contributed by atoms with Crippen molar-refractivity contribution in [1.29, 1.82) is 0 Å². The molecular formula is C20H26N2O2. The lowest BCUT2D eigenvalue weighted by Gasteiger charge is -2.20. The normalized spacial score (nSPS) is 11.8. The van der Waals surface area contributed by atoms with Gasteiger partial charge in [0.05, 0.1) is 6.04 Å². The predicted octanol–water partition coefficient (Wildman–Crippen LogP) is 3.22. The molecule has 0 aromatic heterocycles. The van der Waals surface area contributed by atoms with Crippen molar-refractivity contribution in [3.63, 3.8) is 0 Å². The smallest absolute Gasteiger partial charge is 0.239 e. The molecule has 0 aliphatic rings. The van der Waals surface area contributed by atoms with E-state index in [0.717, 1.165) is 23.3 Å². The fourth-order valence-electron chi connectivity index (χ4n) is 2.40. The molecule has 1 N–H and O–H groups in total. The third kappa shape index (κ3) is 5.39. The maximum atomic E-state index is 12.0. The number of likely N-dealkylation sites (N-methyl/N-ethyl adjacent to an activating group) is 1. The Morgan fingerprint density at radius 2 is 1.71 bits per heavy atom. The Hall–Kier alpha value is -2.33. The second kappa shape index (κ2) is 9.08. The van der Waals surface area contributed by atoms with Crippen molar-refractivity contribution in [1.82, 2.24) is 10.2 Å². The summed E-state index contributed by atoms with van der Waals surface area (Å²) in [6.45, 7) is 3.24. The molecule has 1 amide bonds. The van der Waals surface area contributed by atoms with E-state index in [9.17, 15) is 4.79 Å². The lowest BCUT2D eigenvalue weighted by Crippen LogP contribution is -2.42. The van der Waals surface area contributed by atoms with Crippen LogP contribution in [0.1, 0.15) is 24.5 Å². The van der Waals surface area contributed by atoms with Crippen molar-refractivity contribution in [2.24, 2.45) is 0 Å². The molecule has 0 heterocycles. The van der Waals surface area contributed by atoms with Gasteiger partial charge in [-0.2, -0.15) is 0 Å². The molecule has 0 aliphatic heterocycles. The van der Waals surface area contributed by atoms with Crippen LogP contribution in [0.5, 0.6) is 5.75 Å². The highest BCUT2D eigenvalue weighted by Crippen LogP contribution is 2.14. The van der Waals surface area contributed by atoms with E-state index in [4.69, 9.17) is 4.74 Å². The Labute approximate surface area is 144 Å². The summed E-state index contributed by atoms with van der Waals surface area (Å²) in [5.41, 5.74) is 2.28. The summed E-state index contributed by atoms with van der Waals surface area (Å²) in [5.74, 6) is 0.958. The molecule has 0 fully saturated rings.